The lowest BCUT2D eigenvalue weighted by molar-refractivity contribution is 0.102. The van der Waals surface area contributed by atoms with E-state index in [2.05, 4.69) is 31.6 Å². The Bertz CT molecular complexity index is 993. The predicted molar refractivity (Wildman–Crippen MR) is 90.4 cm³/mol. The van der Waals surface area contributed by atoms with Crippen molar-refractivity contribution in [1.29, 1.82) is 0 Å². The van der Waals surface area contributed by atoms with E-state index in [4.69, 9.17) is 0 Å². The number of nitrogens with one attached hydrogen (secondary N) is 2. The van der Waals surface area contributed by atoms with E-state index in [0.29, 0.717) is 17.1 Å². The molecule has 2 aromatic heterocycles. The van der Waals surface area contributed by atoms with Gasteiger partial charge in [0.25, 0.3) is 5.91 Å². The van der Waals surface area contributed by atoms with Crippen molar-refractivity contribution in [2.75, 3.05) is 5.32 Å². The van der Waals surface area contributed by atoms with Gasteiger partial charge in [-0.05, 0) is 18.2 Å². The number of H-pyrrole nitrogens is 1. The van der Waals surface area contributed by atoms with Crippen LogP contribution in [0.25, 0.3) is 22.4 Å². The molecule has 1 amide bonds. The highest BCUT2D eigenvalue weighted by Crippen LogP contribution is 2.17. The van der Waals surface area contributed by atoms with E-state index in [9.17, 15) is 4.79 Å². The summed E-state index contributed by atoms with van der Waals surface area (Å²) < 4.78 is 0. The third-order valence-electron chi connectivity index (χ3n) is 3.57. The Morgan fingerprint density at radius 1 is 1.04 bits per heavy atom. The lowest BCUT2D eigenvalue weighted by Crippen LogP contribution is -2.12. The molecular weight excluding hydrogens is 302 g/mol. The SMILES string of the molecule is O=C(Nc1ccc2n[c][nH]c2c1)c1cnc(-c2ccccc2)nc1. The highest BCUT2D eigenvalue weighted by Gasteiger charge is 2.09. The molecule has 0 atom stereocenters. The van der Waals surface area contributed by atoms with Gasteiger partial charge in [0.1, 0.15) is 0 Å². The fourth-order valence-electron chi connectivity index (χ4n) is 2.34. The number of nitrogens with zero attached hydrogens (tertiary/aromatic N) is 3. The summed E-state index contributed by atoms with van der Waals surface area (Å²) in [6, 6.07) is 15.0. The number of aromatic amines is 1. The number of hydrogen-bond donors (Lipinski definition) is 2. The van der Waals surface area contributed by atoms with E-state index < -0.39 is 0 Å². The first kappa shape index (κ1) is 14.1. The maximum absolute atomic E-state index is 12.3. The molecule has 0 aliphatic heterocycles. The first-order valence-corrected chi connectivity index (χ1v) is 7.34. The average molecular weight is 314 g/mol. The number of carbonyl (C=O) groups is 1. The zero-order valence-electron chi connectivity index (χ0n) is 12.5. The molecule has 0 bridgehead atoms. The number of carbonyl (C=O) groups excluding carboxylic acids is 1. The van der Waals surface area contributed by atoms with Crippen LogP contribution in [0.4, 0.5) is 5.69 Å². The Morgan fingerprint density at radius 2 is 1.83 bits per heavy atom. The van der Waals surface area contributed by atoms with E-state index >= 15 is 0 Å². The van der Waals surface area contributed by atoms with Gasteiger partial charge in [-0.25, -0.2) is 15.0 Å². The van der Waals surface area contributed by atoms with Crippen molar-refractivity contribution in [3.63, 3.8) is 0 Å². The third-order valence-corrected chi connectivity index (χ3v) is 3.57. The highest BCUT2D eigenvalue weighted by molar-refractivity contribution is 6.04. The van der Waals surface area contributed by atoms with Gasteiger partial charge in [0.2, 0.25) is 0 Å². The average Bonchev–Trinajstić information content (AvgIpc) is 3.10. The molecule has 0 unspecified atom stereocenters. The van der Waals surface area contributed by atoms with E-state index in [1.807, 2.05) is 36.4 Å². The minimum absolute atomic E-state index is 0.266. The van der Waals surface area contributed by atoms with Gasteiger partial charge in [-0.3, -0.25) is 4.79 Å². The van der Waals surface area contributed by atoms with Crippen molar-refractivity contribution in [3.05, 3.63) is 72.8 Å². The van der Waals surface area contributed by atoms with Crippen molar-refractivity contribution < 1.29 is 4.79 Å². The van der Waals surface area contributed by atoms with Crippen LogP contribution >= 0.6 is 0 Å². The Hall–Kier alpha value is -3.54. The van der Waals surface area contributed by atoms with E-state index in [0.717, 1.165) is 16.6 Å². The Balaban J connectivity index is 1.53. The summed E-state index contributed by atoms with van der Waals surface area (Å²) in [6.45, 7) is 0. The zero-order valence-corrected chi connectivity index (χ0v) is 12.5. The third kappa shape index (κ3) is 2.72. The fraction of sp³-hybridized carbons (Fsp3) is 0. The lowest BCUT2D eigenvalue weighted by atomic mass is 10.2. The normalized spacial score (nSPS) is 10.7. The summed E-state index contributed by atoms with van der Waals surface area (Å²) in [5.41, 5.74) is 3.57. The van der Waals surface area contributed by atoms with Crippen LogP contribution in [0.1, 0.15) is 10.4 Å². The topological polar surface area (TPSA) is 83.6 Å². The number of hydrogen-bond acceptors (Lipinski definition) is 4. The molecule has 0 aliphatic carbocycles. The summed E-state index contributed by atoms with van der Waals surface area (Å²) in [5, 5.41) is 2.82. The van der Waals surface area contributed by atoms with Crippen LogP contribution < -0.4 is 5.32 Å². The number of imidazole rings is 1. The smallest absolute Gasteiger partial charge is 0.258 e. The summed E-state index contributed by atoms with van der Waals surface area (Å²) in [6.07, 6.45) is 5.71. The van der Waals surface area contributed by atoms with E-state index in [1.165, 1.54) is 12.4 Å². The highest BCUT2D eigenvalue weighted by atomic mass is 16.1. The van der Waals surface area contributed by atoms with Crippen molar-refractivity contribution in [2.24, 2.45) is 0 Å². The summed E-state index contributed by atoms with van der Waals surface area (Å²) >= 11 is 0. The first-order valence-electron chi connectivity index (χ1n) is 7.34. The molecule has 1 radical (unpaired) electrons. The largest absolute Gasteiger partial charge is 0.335 e. The van der Waals surface area contributed by atoms with Crippen molar-refractivity contribution >= 4 is 22.6 Å². The van der Waals surface area contributed by atoms with Crippen LogP contribution in [0.5, 0.6) is 0 Å². The van der Waals surface area contributed by atoms with Gasteiger partial charge < -0.3 is 10.3 Å². The minimum atomic E-state index is -0.266. The van der Waals surface area contributed by atoms with Crippen LogP contribution in [-0.2, 0) is 0 Å². The number of anilines is 1. The zero-order chi connectivity index (χ0) is 16.4. The lowest BCUT2D eigenvalue weighted by Gasteiger charge is -2.05. The van der Waals surface area contributed by atoms with Crippen molar-refractivity contribution in [1.82, 2.24) is 19.9 Å². The number of benzene rings is 2. The summed E-state index contributed by atoms with van der Waals surface area (Å²) in [7, 11) is 0. The van der Waals surface area contributed by atoms with Crippen LogP contribution in [0, 0.1) is 6.33 Å². The quantitative estimate of drug-likeness (QED) is 0.609. The molecule has 115 valence electrons. The first-order chi connectivity index (χ1) is 11.8. The maximum Gasteiger partial charge on any atom is 0.258 e. The van der Waals surface area contributed by atoms with Crippen LogP contribution in [0.15, 0.2) is 60.9 Å². The monoisotopic (exact) mass is 314 g/mol. The number of fused-ring (bicyclic) bond motifs is 1. The fourth-order valence-corrected chi connectivity index (χ4v) is 2.34. The van der Waals surface area contributed by atoms with Gasteiger partial charge in [-0.1, -0.05) is 30.3 Å². The molecule has 6 heteroatoms. The molecule has 2 aromatic carbocycles. The molecule has 2 heterocycles. The van der Waals surface area contributed by atoms with Crippen LogP contribution in [0.2, 0.25) is 0 Å². The number of amides is 1. The molecule has 0 saturated heterocycles. The Morgan fingerprint density at radius 3 is 2.62 bits per heavy atom. The second-order valence-corrected chi connectivity index (χ2v) is 5.20. The van der Waals surface area contributed by atoms with Crippen LogP contribution in [-0.4, -0.2) is 25.8 Å². The van der Waals surface area contributed by atoms with Gasteiger partial charge in [0.15, 0.2) is 12.2 Å². The van der Waals surface area contributed by atoms with Gasteiger partial charge in [0.05, 0.1) is 16.6 Å². The maximum atomic E-state index is 12.3. The van der Waals surface area contributed by atoms with E-state index in [1.54, 1.807) is 12.1 Å². The molecule has 0 fully saturated rings. The van der Waals surface area contributed by atoms with Crippen molar-refractivity contribution in [3.8, 4) is 11.4 Å². The number of aromatic nitrogens is 4. The van der Waals surface area contributed by atoms with Gasteiger partial charge in [-0.2, -0.15) is 0 Å². The molecule has 4 aromatic rings. The van der Waals surface area contributed by atoms with Gasteiger partial charge in [0, 0.05) is 23.6 Å². The predicted octanol–water partition coefficient (Wildman–Crippen LogP) is 3.07. The summed E-state index contributed by atoms with van der Waals surface area (Å²) in [5.74, 6) is 0.319. The molecule has 4 rings (SSSR count). The second-order valence-electron chi connectivity index (χ2n) is 5.20. The molecule has 0 saturated carbocycles. The summed E-state index contributed by atoms with van der Waals surface area (Å²) in [4.78, 5) is 27.7. The van der Waals surface area contributed by atoms with Crippen LogP contribution in [0.3, 0.4) is 0 Å². The molecule has 6 nitrogen and oxygen atoms in total. The molecule has 0 aliphatic rings. The standard InChI is InChI=1S/C18H12N5O/c24-18(23-14-6-7-15-16(8-14)22-11-21-15)13-9-19-17(20-10-13)12-4-2-1-3-5-12/h1-10H,(H,21,22)(H,23,24). The van der Waals surface area contributed by atoms with E-state index in [-0.39, 0.29) is 5.91 Å². The molecule has 24 heavy (non-hydrogen) atoms. The Labute approximate surface area is 137 Å². The Kier molecular flexibility index (Phi) is 3.47. The second kappa shape index (κ2) is 5.92. The molecule has 0 spiro atoms. The molecule has 2 N–H and O–H groups in total. The van der Waals surface area contributed by atoms with Gasteiger partial charge in [-0.15, -0.1) is 0 Å². The molecular formula is C18H12N5O. The van der Waals surface area contributed by atoms with Gasteiger partial charge >= 0.3 is 0 Å². The number of rotatable bonds is 3. The minimum Gasteiger partial charge on any atom is -0.335 e. The van der Waals surface area contributed by atoms with Crippen molar-refractivity contribution in [2.45, 2.75) is 0 Å².